The van der Waals surface area contributed by atoms with Gasteiger partial charge in [0, 0.05) is 18.8 Å². The number of piperidine rings is 1. The van der Waals surface area contributed by atoms with Gasteiger partial charge in [0.25, 0.3) is 5.91 Å². The molecule has 0 spiro atoms. The van der Waals surface area contributed by atoms with Crippen LogP contribution in [0.25, 0.3) is 0 Å². The minimum absolute atomic E-state index is 0.104. The summed E-state index contributed by atoms with van der Waals surface area (Å²) >= 11 is 1.47. The molecule has 1 saturated heterocycles. The number of likely N-dealkylation sites (tertiary alicyclic amines) is 1. The predicted octanol–water partition coefficient (Wildman–Crippen LogP) is 2.74. The summed E-state index contributed by atoms with van der Waals surface area (Å²) in [4.78, 5) is 19.4. The summed E-state index contributed by atoms with van der Waals surface area (Å²) in [5.74, 6) is 0.104. The highest BCUT2D eigenvalue weighted by Crippen LogP contribution is 2.25. The van der Waals surface area contributed by atoms with Crippen LogP contribution in [0.3, 0.4) is 0 Å². The number of carbonyl (C=O) groups excluding carboxylic acids is 1. The molecule has 0 radical (unpaired) electrons. The van der Waals surface area contributed by atoms with Crippen molar-refractivity contribution in [3.8, 4) is 0 Å². The van der Waals surface area contributed by atoms with Crippen LogP contribution >= 0.6 is 11.3 Å². The first-order valence-corrected chi connectivity index (χ1v) is 8.10. The molecule has 0 saturated carbocycles. The first kappa shape index (κ1) is 14.3. The Hall–Kier alpha value is -1.69. The SMILES string of the molecule is Cc1cc(C)n(C2CCCN(C(=O)c3cnc(C)s3)C2)n1. The fourth-order valence-corrected chi connectivity index (χ4v) is 3.72. The molecule has 1 fully saturated rings. The first-order valence-electron chi connectivity index (χ1n) is 7.29. The Labute approximate surface area is 128 Å². The smallest absolute Gasteiger partial charge is 0.265 e. The van der Waals surface area contributed by atoms with E-state index in [1.165, 1.54) is 17.0 Å². The zero-order valence-corrected chi connectivity index (χ0v) is 13.5. The molecule has 6 heteroatoms. The van der Waals surface area contributed by atoms with Crippen LogP contribution in [0, 0.1) is 20.8 Å². The van der Waals surface area contributed by atoms with Crippen LogP contribution in [0.15, 0.2) is 12.3 Å². The second kappa shape index (κ2) is 5.60. The van der Waals surface area contributed by atoms with E-state index in [-0.39, 0.29) is 11.9 Å². The number of thiazole rings is 1. The molecule has 2 aromatic heterocycles. The maximum absolute atomic E-state index is 12.5. The quantitative estimate of drug-likeness (QED) is 0.857. The first-order chi connectivity index (χ1) is 10.0. The molecule has 1 atom stereocenters. The Kier molecular flexibility index (Phi) is 3.80. The zero-order chi connectivity index (χ0) is 15.0. The van der Waals surface area contributed by atoms with Gasteiger partial charge >= 0.3 is 0 Å². The van der Waals surface area contributed by atoms with Gasteiger partial charge in [-0.25, -0.2) is 4.98 Å². The lowest BCUT2D eigenvalue weighted by atomic mass is 10.1. The topological polar surface area (TPSA) is 51.0 Å². The van der Waals surface area contributed by atoms with Crippen LogP contribution < -0.4 is 0 Å². The number of nitrogens with zero attached hydrogens (tertiary/aromatic N) is 4. The third-order valence-electron chi connectivity index (χ3n) is 3.91. The summed E-state index contributed by atoms with van der Waals surface area (Å²) in [6.45, 7) is 7.57. The predicted molar refractivity (Wildman–Crippen MR) is 82.7 cm³/mol. The van der Waals surface area contributed by atoms with Gasteiger partial charge in [-0.3, -0.25) is 9.48 Å². The molecule has 0 N–H and O–H groups in total. The third-order valence-corrected chi connectivity index (χ3v) is 4.81. The average molecular weight is 304 g/mol. The largest absolute Gasteiger partial charge is 0.336 e. The van der Waals surface area contributed by atoms with E-state index >= 15 is 0 Å². The van der Waals surface area contributed by atoms with E-state index in [9.17, 15) is 4.79 Å². The fourth-order valence-electron chi connectivity index (χ4n) is 2.97. The van der Waals surface area contributed by atoms with Crippen molar-refractivity contribution in [1.29, 1.82) is 0 Å². The molecule has 0 bridgehead atoms. The Morgan fingerprint density at radius 3 is 2.81 bits per heavy atom. The van der Waals surface area contributed by atoms with E-state index in [1.54, 1.807) is 6.20 Å². The number of carbonyl (C=O) groups is 1. The average Bonchev–Trinajstić information content (AvgIpc) is 3.04. The summed E-state index contributed by atoms with van der Waals surface area (Å²) in [6, 6.07) is 2.37. The van der Waals surface area contributed by atoms with Crippen LogP contribution in [0.1, 0.15) is 45.0 Å². The number of hydrogen-bond acceptors (Lipinski definition) is 4. The standard InChI is InChI=1S/C15H20N4OS/c1-10-7-11(2)19(17-10)13-5-4-6-18(9-13)15(20)14-8-16-12(3)21-14/h7-8,13H,4-6,9H2,1-3H3. The highest BCUT2D eigenvalue weighted by Gasteiger charge is 2.27. The van der Waals surface area contributed by atoms with Crippen molar-refractivity contribution in [2.24, 2.45) is 0 Å². The van der Waals surface area contributed by atoms with Crippen molar-refractivity contribution in [1.82, 2.24) is 19.7 Å². The Morgan fingerprint density at radius 1 is 1.38 bits per heavy atom. The van der Waals surface area contributed by atoms with Gasteiger partial charge in [-0.1, -0.05) is 0 Å². The van der Waals surface area contributed by atoms with Crippen molar-refractivity contribution in [3.63, 3.8) is 0 Å². The monoisotopic (exact) mass is 304 g/mol. The van der Waals surface area contributed by atoms with E-state index in [0.717, 1.165) is 41.5 Å². The van der Waals surface area contributed by atoms with Gasteiger partial charge in [-0.2, -0.15) is 5.10 Å². The molecule has 3 heterocycles. The van der Waals surface area contributed by atoms with Crippen LogP contribution in [0.4, 0.5) is 0 Å². The van der Waals surface area contributed by atoms with Gasteiger partial charge in [0.2, 0.25) is 0 Å². The van der Waals surface area contributed by atoms with E-state index in [2.05, 4.69) is 27.8 Å². The van der Waals surface area contributed by atoms with Gasteiger partial charge < -0.3 is 4.90 Å². The van der Waals surface area contributed by atoms with E-state index in [1.807, 2.05) is 18.7 Å². The second-order valence-corrected chi connectivity index (χ2v) is 6.90. The molecule has 1 aliphatic heterocycles. The van der Waals surface area contributed by atoms with Gasteiger partial charge in [0.1, 0.15) is 4.88 Å². The summed E-state index contributed by atoms with van der Waals surface area (Å²) in [6.07, 6.45) is 3.79. The van der Waals surface area contributed by atoms with Gasteiger partial charge in [-0.05, 0) is 39.7 Å². The highest BCUT2D eigenvalue weighted by atomic mass is 32.1. The molecule has 1 amide bonds. The number of aromatic nitrogens is 3. The second-order valence-electron chi connectivity index (χ2n) is 5.66. The highest BCUT2D eigenvalue weighted by molar-refractivity contribution is 7.13. The maximum atomic E-state index is 12.5. The molecule has 0 aliphatic carbocycles. The normalized spacial score (nSPS) is 19.0. The molecular weight excluding hydrogens is 284 g/mol. The van der Waals surface area contributed by atoms with Crippen molar-refractivity contribution in [2.45, 2.75) is 39.7 Å². The third kappa shape index (κ3) is 2.85. The lowest BCUT2D eigenvalue weighted by Crippen LogP contribution is -2.40. The van der Waals surface area contributed by atoms with Crippen LogP contribution in [-0.4, -0.2) is 38.7 Å². The van der Waals surface area contributed by atoms with Crippen molar-refractivity contribution in [2.75, 3.05) is 13.1 Å². The number of aryl methyl sites for hydroxylation is 3. The number of amides is 1. The molecule has 3 rings (SSSR count). The van der Waals surface area contributed by atoms with Gasteiger partial charge in [-0.15, -0.1) is 11.3 Å². The van der Waals surface area contributed by atoms with Crippen LogP contribution in [-0.2, 0) is 0 Å². The summed E-state index contributed by atoms with van der Waals surface area (Å²) in [7, 11) is 0. The van der Waals surface area contributed by atoms with E-state index in [0.29, 0.717) is 0 Å². The minimum Gasteiger partial charge on any atom is -0.336 e. The van der Waals surface area contributed by atoms with Crippen LogP contribution in [0.5, 0.6) is 0 Å². The van der Waals surface area contributed by atoms with Crippen molar-refractivity contribution >= 4 is 17.2 Å². The van der Waals surface area contributed by atoms with E-state index < -0.39 is 0 Å². The number of hydrogen-bond donors (Lipinski definition) is 0. The lowest BCUT2D eigenvalue weighted by molar-refractivity contribution is 0.0676. The molecular formula is C15H20N4OS. The lowest BCUT2D eigenvalue weighted by Gasteiger charge is -2.33. The van der Waals surface area contributed by atoms with E-state index in [4.69, 9.17) is 0 Å². The van der Waals surface area contributed by atoms with Gasteiger partial charge in [0.15, 0.2) is 0 Å². The fraction of sp³-hybridized carbons (Fsp3) is 0.533. The molecule has 0 aromatic carbocycles. The molecule has 1 unspecified atom stereocenters. The molecule has 1 aliphatic rings. The minimum atomic E-state index is 0.104. The Morgan fingerprint density at radius 2 is 2.19 bits per heavy atom. The Bertz CT molecular complexity index is 660. The summed E-state index contributed by atoms with van der Waals surface area (Å²) in [5.41, 5.74) is 2.20. The zero-order valence-electron chi connectivity index (χ0n) is 12.7. The van der Waals surface area contributed by atoms with Crippen molar-refractivity contribution < 1.29 is 4.79 Å². The molecule has 2 aromatic rings. The number of rotatable bonds is 2. The summed E-state index contributed by atoms with van der Waals surface area (Å²) < 4.78 is 2.08. The summed E-state index contributed by atoms with van der Waals surface area (Å²) in [5, 5.41) is 5.51. The van der Waals surface area contributed by atoms with Crippen LogP contribution in [0.2, 0.25) is 0 Å². The van der Waals surface area contributed by atoms with Gasteiger partial charge in [0.05, 0.1) is 22.9 Å². The Balaban J connectivity index is 1.77. The maximum Gasteiger partial charge on any atom is 0.265 e. The molecule has 112 valence electrons. The molecule has 5 nitrogen and oxygen atoms in total. The molecule has 21 heavy (non-hydrogen) atoms. The van der Waals surface area contributed by atoms with Crippen molar-refractivity contribution in [3.05, 3.63) is 33.5 Å².